The summed E-state index contributed by atoms with van der Waals surface area (Å²) >= 11 is 0. The second-order valence-corrected chi connectivity index (χ2v) is 5.92. The van der Waals surface area contributed by atoms with Crippen LogP contribution in [-0.2, 0) is 4.79 Å². The molecule has 0 fully saturated rings. The predicted octanol–water partition coefficient (Wildman–Crippen LogP) is 2.90. The minimum absolute atomic E-state index is 0. The average molecular weight is 426 g/mol. The van der Waals surface area contributed by atoms with E-state index in [2.05, 4.69) is 41.7 Å². The van der Waals surface area contributed by atoms with E-state index in [1.54, 1.807) is 0 Å². The van der Waals surface area contributed by atoms with Crippen molar-refractivity contribution in [2.24, 2.45) is 10.9 Å². The van der Waals surface area contributed by atoms with Crippen LogP contribution in [0.5, 0.6) is 0 Å². The van der Waals surface area contributed by atoms with Crippen molar-refractivity contribution in [3.8, 4) is 0 Å². The average Bonchev–Trinajstić information content (AvgIpc) is 2.42. The van der Waals surface area contributed by atoms with Crippen molar-refractivity contribution in [3.05, 3.63) is 0 Å². The van der Waals surface area contributed by atoms with E-state index in [4.69, 9.17) is 0 Å². The number of nitrogens with one attached hydrogen (secondary N) is 3. The number of carbonyl (C=O) groups excluding carboxylic acids is 1. The molecule has 6 heteroatoms. The second-order valence-electron chi connectivity index (χ2n) is 5.92. The van der Waals surface area contributed by atoms with Crippen LogP contribution in [0.4, 0.5) is 0 Å². The Morgan fingerprint density at radius 3 is 2.32 bits per heavy atom. The fraction of sp³-hybridized carbons (Fsp3) is 0.875. The van der Waals surface area contributed by atoms with Gasteiger partial charge in [0.2, 0.25) is 5.91 Å². The van der Waals surface area contributed by atoms with Gasteiger partial charge in [-0.25, -0.2) is 4.99 Å². The number of hydrogen-bond acceptors (Lipinski definition) is 2. The molecule has 0 heterocycles. The maximum Gasteiger partial charge on any atom is 0.241 e. The Kier molecular flexibility index (Phi) is 16.6. The van der Waals surface area contributed by atoms with E-state index in [1.807, 2.05) is 13.8 Å². The molecule has 3 N–H and O–H groups in total. The third-order valence-corrected chi connectivity index (χ3v) is 3.10. The summed E-state index contributed by atoms with van der Waals surface area (Å²) in [5.41, 5.74) is 0. The van der Waals surface area contributed by atoms with Crippen LogP contribution in [0.1, 0.15) is 60.3 Å². The lowest BCUT2D eigenvalue weighted by molar-refractivity contribution is -0.119. The lowest BCUT2D eigenvalue weighted by Gasteiger charge is -2.18. The number of amides is 1. The highest BCUT2D eigenvalue weighted by molar-refractivity contribution is 14.0. The molecule has 1 unspecified atom stereocenters. The maximum absolute atomic E-state index is 11.6. The fourth-order valence-electron chi connectivity index (χ4n) is 1.93. The van der Waals surface area contributed by atoms with Crippen LogP contribution >= 0.6 is 24.0 Å². The Hall–Kier alpha value is -0.530. The third kappa shape index (κ3) is 14.4. The molecule has 22 heavy (non-hydrogen) atoms. The number of aliphatic imine (C=N–C) groups is 1. The van der Waals surface area contributed by atoms with Crippen molar-refractivity contribution in [2.75, 3.05) is 19.6 Å². The Labute approximate surface area is 153 Å². The summed E-state index contributed by atoms with van der Waals surface area (Å²) in [5.74, 6) is 1.45. The predicted molar refractivity (Wildman–Crippen MR) is 106 cm³/mol. The van der Waals surface area contributed by atoms with Gasteiger partial charge in [-0.3, -0.25) is 4.79 Å². The number of guanidine groups is 1. The molecule has 5 nitrogen and oxygen atoms in total. The zero-order valence-electron chi connectivity index (χ0n) is 14.9. The Balaban J connectivity index is 0. The highest BCUT2D eigenvalue weighted by Gasteiger charge is 2.06. The summed E-state index contributed by atoms with van der Waals surface area (Å²) in [4.78, 5) is 15.9. The van der Waals surface area contributed by atoms with Crippen molar-refractivity contribution in [1.82, 2.24) is 16.0 Å². The Morgan fingerprint density at radius 1 is 1.09 bits per heavy atom. The second kappa shape index (κ2) is 15.4. The number of nitrogens with zero attached hydrogens (tertiary/aromatic N) is 1. The lowest BCUT2D eigenvalue weighted by atomic mass is 10.0. The molecule has 1 amide bonds. The first-order chi connectivity index (χ1) is 9.99. The van der Waals surface area contributed by atoms with Crippen molar-refractivity contribution in [1.29, 1.82) is 0 Å². The molecular formula is C16H35IN4O. The molecule has 0 rings (SSSR count). The van der Waals surface area contributed by atoms with Crippen LogP contribution in [0.25, 0.3) is 0 Å². The Bertz CT molecular complexity index is 309. The summed E-state index contributed by atoms with van der Waals surface area (Å²) < 4.78 is 0. The zero-order valence-corrected chi connectivity index (χ0v) is 17.2. The van der Waals surface area contributed by atoms with Gasteiger partial charge in [0, 0.05) is 19.1 Å². The molecular weight excluding hydrogens is 391 g/mol. The molecule has 0 spiro atoms. The van der Waals surface area contributed by atoms with Gasteiger partial charge in [0.15, 0.2) is 5.96 Å². The van der Waals surface area contributed by atoms with E-state index < -0.39 is 0 Å². The zero-order chi connectivity index (χ0) is 16.1. The first kappa shape index (κ1) is 23.7. The Morgan fingerprint density at radius 2 is 1.77 bits per heavy atom. The normalized spacial score (nSPS) is 12.5. The molecule has 132 valence electrons. The van der Waals surface area contributed by atoms with Gasteiger partial charge in [-0.15, -0.1) is 24.0 Å². The van der Waals surface area contributed by atoms with Gasteiger partial charge >= 0.3 is 0 Å². The topological polar surface area (TPSA) is 65.5 Å². The SMILES string of the molecule is CCCNC(=O)CN=C(NCC)NC(C)CCCC(C)C.I. The minimum Gasteiger partial charge on any atom is -0.357 e. The highest BCUT2D eigenvalue weighted by atomic mass is 127. The largest absolute Gasteiger partial charge is 0.357 e. The standard InChI is InChI=1S/C16H34N4O.HI/c1-6-11-18-15(21)12-19-16(17-7-2)20-14(5)10-8-9-13(3)4;/h13-14H,6-12H2,1-5H3,(H,18,21)(H2,17,19,20);1H. The van der Waals surface area contributed by atoms with Crippen LogP contribution in [0, 0.1) is 5.92 Å². The van der Waals surface area contributed by atoms with Gasteiger partial charge in [-0.2, -0.15) is 0 Å². The summed E-state index contributed by atoms with van der Waals surface area (Å²) in [5, 5.41) is 9.37. The summed E-state index contributed by atoms with van der Waals surface area (Å²) in [6, 6.07) is 0.361. The molecule has 0 bridgehead atoms. The van der Waals surface area contributed by atoms with Crippen molar-refractivity contribution in [3.63, 3.8) is 0 Å². The fourth-order valence-corrected chi connectivity index (χ4v) is 1.93. The highest BCUT2D eigenvalue weighted by Crippen LogP contribution is 2.08. The van der Waals surface area contributed by atoms with E-state index in [9.17, 15) is 4.79 Å². The van der Waals surface area contributed by atoms with E-state index >= 15 is 0 Å². The maximum atomic E-state index is 11.6. The van der Waals surface area contributed by atoms with Crippen LogP contribution in [0.3, 0.4) is 0 Å². The quantitative estimate of drug-likeness (QED) is 0.286. The van der Waals surface area contributed by atoms with Gasteiger partial charge in [0.25, 0.3) is 0 Å². The smallest absolute Gasteiger partial charge is 0.241 e. The molecule has 1 atom stereocenters. The number of carbonyl (C=O) groups is 1. The first-order valence-electron chi connectivity index (χ1n) is 8.31. The van der Waals surface area contributed by atoms with Gasteiger partial charge in [-0.05, 0) is 32.6 Å². The number of halogens is 1. The van der Waals surface area contributed by atoms with Crippen molar-refractivity contribution in [2.45, 2.75) is 66.3 Å². The molecule has 0 aromatic rings. The molecule has 0 aliphatic carbocycles. The molecule has 0 radical (unpaired) electrons. The van der Waals surface area contributed by atoms with E-state index in [0.29, 0.717) is 12.6 Å². The van der Waals surface area contributed by atoms with E-state index in [1.165, 1.54) is 12.8 Å². The summed E-state index contributed by atoms with van der Waals surface area (Å²) in [6.07, 6.45) is 4.52. The van der Waals surface area contributed by atoms with Crippen LogP contribution < -0.4 is 16.0 Å². The van der Waals surface area contributed by atoms with Gasteiger partial charge in [0.1, 0.15) is 6.54 Å². The van der Waals surface area contributed by atoms with Crippen molar-refractivity contribution >= 4 is 35.8 Å². The molecule has 0 aliphatic rings. The monoisotopic (exact) mass is 426 g/mol. The van der Waals surface area contributed by atoms with Gasteiger partial charge in [0.05, 0.1) is 0 Å². The lowest BCUT2D eigenvalue weighted by Crippen LogP contribution is -2.43. The molecule has 0 saturated heterocycles. The van der Waals surface area contributed by atoms with Gasteiger partial charge in [-0.1, -0.05) is 33.6 Å². The van der Waals surface area contributed by atoms with Crippen LogP contribution in [0.2, 0.25) is 0 Å². The number of rotatable bonds is 10. The van der Waals surface area contributed by atoms with Crippen molar-refractivity contribution < 1.29 is 4.79 Å². The molecule has 0 aromatic carbocycles. The van der Waals surface area contributed by atoms with Crippen LogP contribution in [-0.4, -0.2) is 37.5 Å². The molecule has 0 aliphatic heterocycles. The molecule has 0 aromatic heterocycles. The third-order valence-electron chi connectivity index (χ3n) is 3.10. The van der Waals surface area contributed by atoms with E-state index in [-0.39, 0.29) is 36.4 Å². The van der Waals surface area contributed by atoms with Gasteiger partial charge < -0.3 is 16.0 Å². The summed E-state index contributed by atoms with van der Waals surface area (Å²) in [6.45, 7) is 12.4. The van der Waals surface area contributed by atoms with E-state index in [0.717, 1.165) is 31.3 Å². The number of hydrogen-bond donors (Lipinski definition) is 3. The minimum atomic E-state index is -0.0264. The summed E-state index contributed by atoms with van der Waals surface area (Å²) in [7, 11) is 0. The van der Waals surface area contributed by atoms with Crippen LogP contribution in [0.15, 0.2) is 4.99 Å². The molecule has 0 saturated carbocycles. The first-order valence-corrected chi connectivity index (χ1v) is 8.31.